The molecule has 0 saturated carbocycles. The fraction of sp³-hybridized carbons (Fsp3) is 0.238. The second kappa shape index (κ2) is 8.55. The number of amides is 1. The molecule has 1 aliphatic heterocycles. The number of carbonyl (C=O) groups is 1. The highest BCUT2D eigenvalue weighted by atomic mass is 35.5. The number of hydrogen-bond donors (Lipinski definition) is 1. The summed E-state index contributed by atoms with van der Waals surface area (Å²) in [5.41, 5.74) is 2.54. The molecule has 0 radical (unpaired) electrons. The largest absolute Gasteiger partial charge is 0.495 e. The summed E-state index contributed by atoms with van der Waals surface area (Å²) in [6.45, 7) is 0.855. The summed E-state index contributed by atoms with van der Waals surface area (Å²) >= 11 is 12.1. The van der Waals surface area contributed by atoms with E-state index >= 15 is 0 Å². The van der Waals surface area contributed by atoms with Crippen LogP contribution in [-0.4, -0.2) is 29.9 Å². The number of ether oxygens (including phenoxy) is 3. The average molecular weight is 448 g/mol. The van der Waals surface area contributed by atoms with Gasteiger partial charge in [-0.05, 0) is 23.8 Å². The van der Waals surface area contributed by atoms with Crippen LogP contribution in [0.4, 0.5) is 5.69 Å². The molecule has 0 aliphatic carbocycles. The standard InChI is InChI=1S/C21H19Cl2N3O4/c1-28-18-9-16(19(29-2)8-15(18)23)24-21(27)17-7-14-11-30-20(10-26(14)25-17)12-3-5-13(22)6-4-12/h3-9,20H,10-11H2,1-2H3,(H,24,27)/t20-/m1/s1. The molecule has 0 bridgehead atoms. The lowest BCUT2D eigenvalue weighted by Gasteiger charge is -2.24. The van der Waals surface area contributed by atoms with E-state index in [1.54, 1.807) is 22.9 Å². The lowest BCUT2D eigenvalue weighted by Crippen LogP contribution is -2.22. The summed E-state index contributed by atoms with van der Waals surface area (Å²) in [6.07, 6.45) is -0.161. The van der Waals surface area contributed by atoms with Crippen molar-refractivity contribution >= 4 is 34.8 Å². The van der Waals surface area contributed by atoms with Gasteiger partial charge in [-0.25, -0.2) is 0 Å². The Morgan fingerprint density at radius 3 is 2.57 bits per heavy atom. The molecular formula is C21H19Cl2N3O4. The van der Waals surface area contributed by atoms with Gasteiger partial charge < -0.3 is 19.5 Å². The molecule has 1 aliphatic rings. The number of anilines is 1. The SMILES string of the molecule is COc1cc(NC(=O)c2cc3n(n2)C[C@H](c2ccc(Cl)cc2)OC3)c(OC)cc1Cl. The summed E-state index contributed by atoms with van der Waals surface area (Å²) in [5.74, 6) is 0.475. The van der Waals surface area contributed by atoms with Crippen molar-refractivity contribution in [3.8, 4) is 11.5 Å². The van der Waals surface area contributed by atoms with Crippen LogP contribution in [0, 0.1) is 0 Å². The Morgan fingerprint density at radius 2 is 1.87 bits per heavy atom. The Kier molecular flexibility index (Phi) is 5.85. The molecule has 0 spiro atoms. The van der Waals surface area contributed by atoms with E-state index in [-0.39, 0.29) is 17.7 Å². The quantitative estimate of drug-likeness (QED) is 0.611. The second-order valence-electron chi connectivity index (χ2n) is 6.70. The van der Waals surface area contributed by atoms with Crippen LogP contribution >= 0.6 is 23.2 Å². The lowest BCUT2D eigenvalue weighted by molar-refractivity contribution is -0.00118. The van der Waals surface area contributed by atoms with Crippen LogP contribution in [0.3, 0.4) is 0 Å². The van der Waals surface area contributed by atoms with E-state index < -0.39 is 0 Å². The highest BCUT2D eigenvalue weighted by Gasteiger charge is 2.24. The molecule has 2 aromatic carbocycles. The summed E-state index contributed by atoms with van der Waals surface area (Å²) < 4.78 is 18.2. The molecule has 0 fully saturated rings. The summed E-state index contributed by atoms with van der Waals surface area (Å²) in [4.78, 5) is 12.8. The van der Waals surface area contributed by atoms with Gasteiger partial charge in [0.05, 0.1) is 43.8 Å². The summed E-state index contributed by atoms with van der Waals surface area (Å²) in [6, 6.07) is 12.4. The maximum absolute atomic E-state index is 12.8. The Balaban J connectivity index is 1.53. The lowest BCUT2D eigenvalue weighted by atomic mass is 10.1. The van der Waals surface area contributed by atoms with Gasteiger partial charge in [0.2, 0.25) is 0 Å². The van der Waals surface area contributed by atoms with Crippen LogP contribution < -0.4 is 14.8 Å². The predicted molar refractivity (Wildman–Crippen MR) is 114 cm³/mol. The zero-order valence-electron chi connectivity index (χ0n) is 16.3. The number of methoxy groups -OCH3 is 2. The molecule has 1 amide bonds. The summed E-state index contributed by atoms with van der Waals surface area (Å²) in [5, 5.41) is 8.31. The van der Waals surface area contributed by atoms with Crippen molar-refractivity contribution < 1.29 is 19.0 Å². The molecule has 30 heavy (non-hydrogen) atoms. The van der Waals surface area contributed by atoms with E-state index in [1.165, 1.54) is 14.2 Å². The van der Waals surface area contributed by atoms with Gasteiger partial charge in [-0.3, -0.25) is 9.48 Å². The highest BCUT2D eigenvalue weighted by molar-refractivity contribution is 6.32. The number of fused-ring (bicyclic) bond motifs is 1. The van der Waals surface area contributed by atoms with Gasteiger partial charge in [0.1, 0.15) is 17.6 Å². The van der Waals surface area contributed by atoms with Gasteiger partial charge in [-0.2, -0.15) is 5.10 Å². The van der Waals surface area contributed by atoms with Crippen LogP contribution in [-0.2, 0) is 17.9 Å². The average Bonchev–Trinajstić information content (AvgIpc) is 3.18. The van der Waals surface area contributed by atoms with Crippen LogP contribution in [0.25, 0.3) is 0 Å². The smallest absolute Gasteiger partial charge is 0.276 e. The topological polar surface area (TPSA) is 74.6 Å². The van der Waals surface area contributed by atoms with E-state index in [1.807, 2.05) is 24.3 Å². The number of halogens is 2. The Bertz CT molecular complexity index is 1080. The first kappa shape index (κ1) is 20.5. The van der Waals surface area contributed by atoms with Crippen molar-refractivity contribution in [3.05, 3.63) is 69.5 Å². The van der Waals surface area contributed by atoms with Crippen LogP contribution in [0.1, 0.15) is 27.8 Å². The molecule has 0 unspecified atom stereocenters. The van der Waals surface area contributed by atoms with Crippen molar-refractivity contribution in [2.45, 2.75) is 19.3 Å². The minimum Gasteiger partial charge on any atom is -0.495 e. The Morgan fingerprint density at radius 1 is 1.13 bits per heavy atom. The Hall–Kier alpha value is -2.74. The van der Waals surface area contributed by atoms with Gasteiger partial charge >= 0.3 is 0 Å². The number of rotatable bonds is 5. The predicted octanol–water partition coefficient (Wildman–Crippen LogP) is 4.73. The zero-order valence-corrected chi connectivity index (χ0v) is 17.8. The molecule has 1 N–H and O–H groups in total. The van der Waals surface area contributed by atoms with Crippen molar-refractivity contribution in [3.63, 3.8) is 0 Å². The molecule has 2 heterocycles. The van der Waals surface area contributed by atoms with Crippen molar-refractivity contribution in [1.29, 1.82) is 0 Å². The minimum absolute atomic E-state index is 0.161. The third-order valence-electron chi connectivity index (χ3n) is 4.83. The monoisotopic (exact) mass is 447 g/mol. The van der Waals surface area contributed by atoms with Gasteiger partial charge in [0.15, 0.2) is 5.69 Å². The molecule has 1 aromatic heterocycles. The summed E-state index contributed by atoms with van der Waals surface area (Å²) in [7, 11) is 3.00. The van der Waals surface area contributed by atoms with Gasteiger partial charge in [-0.1, -0.05) is 35.3 Å². The molecular weight excluding hydrogens is 429 g/mol. The van der Waals surface area contributed by atoms with Gasteiger partial charge in [-0.15, -0.1) is 0 Å². The maximum atomic E-state index is 12.8. The molecule has 4 rings (SSSR count). The van der Waals surface area contributed by atoms with Crippen LogP contribution in [0.15, 0.2) is 42.5 Å². The number of aromatic nitrogens is 2. The van der Waals surface area contributed by atoms with E-state index in [0.717, 1.165) is 11.3 Å². The molecule has 0 saturated heterocycles. The number of carbonyl (C=O) groups excluding carboxylic acids is 1. The first-order chi connectivity index (χ1) is 14.5. The fourth-order valence-electron chi connectivity index (χ4n) is 3.26. The third-order valence-corrected chi connectivity index (χ3v) is 5.38. The van der Waals surface area contributed by atoms with E-state index in [9.17, 15) is 4.79 Å². The van der Waals surface area contributed by atoms with Gasteiger partial charge in [0, 0.05) is 17.2 Å². The van der Waals surface area contributed by atoms with E-state index in [4.69, 9.17) is 37.4 Å². The number of nitrogens with zero attached hydrogens (tertiary/aromatic N) is 2. The van der Waals surface area contributed by atoms with E-state index in [2.05, 4.69) is 10.4 Å². The molecule has 1 atom stereocenters. The first-order valence-electron chi connectivity index (χ1n) is 9.15. The molecule has 9 heteroatoms. The molecule has 3 aromatic rings. The van der Waals surface area contributed by atoms with Crippen molar-refractivity contribution in [2.75, 3.05) is 19.5 Å². The van der Waals surface area contributed by atoms with Crippen LogP contribution in [0.5, 0.6) is 11.5 Å². The fourth-order valence-corrected chi connectivity index (χ4v) is 3.62. The molecule has 156 valence electrons. The first-order valence-corrected chi connectivity index (χ1v) is 9.90. The number of benzene rings is 2. The number of nitrogens with one attached hydrogen (secondary N) is 1. The third kappa shape index (κ3) is 4.09. The van der Waals surface area contributed by atoms with Crippen molar-refractivity contribution in [1.82, 2.24) is 9.78 Å². The molecule has 7 nitrogen and oxygen atoms in total. The second-order valence-corrected chi connectivity index (χ2v) is 7.54. The minimum atomic E-state index is -0.373. The van der Waals surface area contributed by atoms with Gasteiger partial charge in [0.25, 0.3) is 5.91 Å². The normalized spacial score (nSPS) is 15.4. The van der Waals surface area contributed by atoms with Crippen molar-refractivity contribution in [2.24, 2.45) is 0 Å². The Labute approximate surface area is 183 Å². The highest BCUT2D eigenvalue weighted by Crippen LogP contribution is 2.36. The van der Waals surface area contributed by atoms with Crippen LogP contribution in [0.2, 0.25) is 10.0 Å². The maximum Gasteiger partial charge on any atom is 0.276 e. The number of hydrogen-bond acceptors (Lipinski definition) is 5. The van der Waals surface area contributed by atoms with E-state index in [0.29, 0.717) is 40.4 Å². The zero-order chi connectivity index (χ0) is 21.3.